The molecule has 1 spiro atoms. The first-order chi connectivity index (χ1) is 12.2. The number of hydrogen-bond acceptors (Lipinski definition) is 5. The van der Waals surface area contributed by atoms with Crippen LogP contribution < -0.4 is 0 Å². The summed E-state index contributed by atoms with van der Waals surface area (Å²) in [6, 6.07) is 0. The summed E-state index contributed by atoms with van der Waals surface area (Å²) in [7, 11) is 0. The smallest absolute Gasteiger partial charge is 0.448 e. The van der Waals surface area contributed by atoms with Gasteiger partial charge in [0, 0.05) is 23.2 Å². The Labute approximate surface area is 148 Å². The van der Waals surface area contributed by atoms with Gasteiger partial charge in [-0.3, -0.25) is 0 Å². The van der Waals surface area contributed by atoms with Crippen LogP contribution in [0, 0.1) is 17.8 Å². The molecule has 1 aliphatic carbocycles. The van der Waals surface area contributed by atoms with E-state index in [2.05, 4.69) is 16.9 Å². The summed E-state index contributed by atoms with van der Waals surface area (Å²) in [6.45, 7) is 3.28. The van der Waals surface area contributed by atoms with E-state index in [4.69, 9.17) is 24.8 Å². The van der Waals surface area contributed by atoms with E-state index in [1.807, 2.05) is 0 Å². The van der Waals surface area contributed by atoms with E-state index < -0.39 is 42.1 Å². The first-order valence-corrected chi connectivity index (χ1v) is 8.73. The van der Waals surface area contributed by atoms with Gasteiger partial charge >= 0.3 is 6.18 Å². The van der Waals surface area contributed by atoms with E-state index in [0.29, 0.717) is 19.3 Å². The van der Waals surface area contributed by atoms with E-state index in [0.717, 1.165) is 6.42 Å². The van der Waals surface area contributed by atoms with Gasteiger partial charge in [-0.05, 0) is 43.2 Å². The van der Waals surface area contributed by atoms with Gasteiger partial charge in [0.2, 0.25) is 17.8 Å². The van der Waals surface area contributed by atoms with Crippen molar-refractivity contribution in [2.45, 2.75) is 63.4 Å². The van der Waals surface area contributed by atoms with Crippen LogP contribution in [0.5, 0.6) is 0 Å². The molecule has 5 aliphatic rings. The summed E-state index contributed by atoms with van der Waals surface area (Å²) < 4.78 is 52.2. The number of halogens is 3. The number of hydrogen-bond donors (Lipinski definition) is 0. The predicted octanol–water partition coefficient (Wildman–Crippen LogP) is 4.36. The minimum absolute atomic E-state index is 0.0774. The molecular formula is C16H20F3N3O4. The molecule has 7 nitrogen and oxygen atoms in total. The third kappa shape index (κ3) is 2.43. The Morgan fingerprint density at radius 1 is 1.27 bits per heavy atom. The van der Waals surface area contributed by atoms with Crippen molar-refractivity contribution < 1.29 is 32.4 Å². The number of alkyl halides is 3. The summed E-state index contributed by atoms with van der Waals surface area (Å²) in [5, 5.41) is 3.38. The molecule has 144 valence electrons. The Balaban J connectivity index is 1.89. The molecule has 4 aliphatic heterocycles. The van der Waals surface area contributed by atoms with Crippen molar-refractivity contribution in [2.24, 2.45) is 22.9 Å². The monoisotopic (exact) mass is 375 g/mol. The summed E-state index contributed by atoms with van der Waals surface area (Å²) in [4.78, 5) is 13.9. The highest BCUT2D eigenvalue weighted by Crippen LogP contribution is 2.61. The van der Waals surface area contributed by atoms with E-state index in [9.17, 15) is 13.2 Å². The van der Waals surface area contributed by atoms with Gasteiger partial charge in [0.05, 0.1) is 6.54 Å². The van der Waals surface area contributed by atoms with Crippen molar-refractivity contribution >= 4 is 0 Å². The number of fused-ring (bicyclic) bond motifs is 2. The van der Waals surface area contributed by atoms with Crippen LogP contribution in [0.15, 0.2) is 16.4 Å². The van der Waals surface area contributed by atoms with Gasteiger partial charge in [-0.2, -0.15) is 13.2 Å². The zero-order valence-electron chi connectivity index (χ0n) is 14.5. The predicted molar refractivity (Wildman–Crippen MR) is 81.0 cm³/mol. The Kier molecular flexibility index (Phi) is 3.97. The van der Waals surface area contributed by atoms with Crippen molar-refractivity contribution in [1.29, 1.82) is 0 Å². The van der Waals surface area contributed by atoms with E-state index in [1.165, 1.54) is 0 Å². The molecule has 1 saturated carbocycles. The minimum Gasteiger partial charge on any atom is -0.456 e. The Hall–Kier alpha value is -1.48. The van der Waals surface area contributed by atoms with Crippen molar-refractivity contribution in [3.63, 3.8) is 0 Å². The molecule has 4 fully saturated rings. The molecule has 2 bridgehead atoms. The third-order valence-electron chi connectivity index (χ3n) is 6.22. The number of ether oxygens (including phenoxy) is 2. The molecule has 0 aromatic heterocycles. The maximum Gasteiger partial charge on any atom is 0.448 e. The number of rotatable bonds is 2. The molecule has 0 radical (unpaired) electrons. The number of azide groups is 1. The maximum atomic E-state index is 13.7. The highest BCUT2D eigenvalue weighted by atomic mass is 19.4. The lowest BCUT2D eigenvalue weighted by Crippen LogP contribution is -2.67. The molecule has 3 saturated heterocycles. The zero-order valence-corrected chi connectivity index (χ0v) is 14.5. The van der Waals surface area contributed by atoms with Crippen LogP contribution in [0.2, 0.25) is 0 Å². The van der Waals surface area contributed by atoms with E-state index >= 15 is 0 Å². The molecule has 0 aromatic carbocycles. The van der Waals surface area contributed by atoms with Crippen molar-refractivity contribution in [2.75, 3.05) is 6.54 Å². The van der Waals surface area contributed by atoms with Crippen LogP contribution in [-0.4, -0.2) is 30.4 Å². The second-order valence-corrected chi connectivity index (χ2v) is 7.72. The second kappa shape index (κ2) is 5.76. The molecular weight excluding hydrogens is 355 g/mol. The molecule has 0 N–H and O–H groups in total. The first kappa shape index (κ1) is 17.9. The molecule has 4 heterocycles. The molecule has 1 unspecified atom stereocenters. The Morgan fingerprint density at radius 3 is 2.73 bits per heavy atom. The summed E-state index contributed by atoms with van der Waals surface area (Å²) in [5.74, 6) is -2.77. The minimum atomic E-state index is -4.71. The lowest BCUT2D eigenvalue weighted by atomic mass is 9.59. The van der Waals surface area contributed by atoms with Crippen molar-refractivity contribution in [1.82, 2.24) is 0 Å². The Bertz CT molecular complexity index is 693. The fourth-order valence-electron chi connectivity index (χ4n) is 5.03. The highest BCUT2D eigenvalue weighted by molar-refractivity contribution is 5.29. The summed E-state index contributed by atoms with van der Waals surface area (Å²) in [5.41, 5.74) is 7.38. The van der Waals surface area contributed by atoms with Crippen LogP contribution in [0.1, 0.15) is 39.5 Å². The van der Waals surface area contributed by atoms with Crippen LogP contribution in [0.3, 0.4) is 0 Å². The molecule has 5 rings (SSSR count). The van der Waals surface area contributed by atoms with E-state index in [-0.39, 0.29) is 17.4 Å². The van der Waals surface area contributed by atoms with Crippen LogP contribution in [-0.2, 0) is 19.2 Å². The standard InChI is InChI=1S/C16H20F3N3O4/c1-8-3-4-11-9(7-21-22-20)12(16(17,18)19)23-13-15(11)10(8)5-6-14(2,24-13)25-26-15/h8,10-11,13H,3-7H2,1-2H3/t8-,10?,11+,13-,14+,15-/m1/s1. The first-order valence-electron chi connectivity index (χ1n) is 8.73. The number of nitrogens with zero attached hydrogens (tertiary/aromatic N) is 3. The highest BCUT2D eigenvalue weighted by Gasteiger charge is 2.70. The normalized spacial score (nSPS) is 44.7. The van der Waals surface area contributed by atoms with Gasteiger partial charge in [0.1, 0.15) is 0 Å². The topological polar surface area (TPSA) is 85.7 Å². The SMILES string of the molecule is C[C@@H]1CC[C@H]2C(CN=[N+]=[N-])=C(C(F)(F)F)O[C@@H]3O[C@]4(C)CCC1[C@]32OO4. The van der Waals surface area contributed by atoms with Gasteiger partial charge in [0.15, 0.2) is 5.60 Å². The molecule has 10 heteroatoms. The van der Waals surface area contributed by atoms with Crippen molar-refractivity contribution in [3.8, 4) is 0 Å². The molecule has 0 aromatic rings. The average Bonchev–Trinajstić information content (AvgIpc) is 2.80. The zero-order chi connectivity index (χ0) is 18.7. The van der Waals surface area contributed by atoms with E-state index in [1.54, 1.807) is 6.92 Å². The van der Waals surface area contributed by atoms with Gasteiger partial charge in [0.25, 0.3) is 0 Å². The fourth-order valence-corrected chi connectivity index (χ4v) is 5.03. The third-order valence-corrected chi connectivity index (χ3v) is 6.22. The fraction of sp³-hybridized carbons (Fsp3) is 0.875. The van der Waals surface area contributed by atoms with Crippen LogP contribution in [0.25, 0.3) is 10.4 Å². The molecule has 26 heavy (non-hydrogen) atoms. The lowest BCUT2D eigenvalue weighted by molar-refractivity contribution is -0.557. The molecule has 0 amide bonds. The lowest BCUT2D eigenvalue weighted by Gasteiger charge is -2.57. The quantitative estimate of drug-likeness (QED) is 0.311. The largest absolute Gasteiger partial charge is 0.456 e. The maximum absolute atomic E-state index is 13.7. The number of allylic oxidation sites excluding steroid dienone is 1. The van der Waals surface area contributed by atoms with Crippen molar-refractivity contribution in [3.05, 3.63) is 21.8 Å². The Morgan fingerprint density at radius 2 is 2.04 bits per heavy atom. The van der Waals surface area contributed by atoms with Gasteiger partial charge in [-0.25, -0.2) is 9.78 Å². The second-order valence-electron chi connectivity index (χ2n) is 7.72. The van der Waals surface area contributed by atoms with Gasteiger partial charge in [-0.15, -0.1) is 0 Å². The molecule has 6 atom stereocenters. The average molecular weight is 375 g/mol. The van der Waals surface area contributed by atoms with Crippen LogP contribution in [0.4, 0.5) is 13.2 Å². The summed E-state index contributed by atoms with van der Waals surface area (Å²) in [6.07, 6.45) is -3.52. The van der Waals surface area contributed by atoms with Crippen LogP contribution >= 0.6 is 0 Å². The van der Waals surface area contributed by atoms with Gasteiger partial charge in [-0.1, -0.05) is 12.0 Å². The summed E-state index contributed by atoms with van der Waals surface area (Å²) >= 11 is 0. The van der Waals surface area contributed by atoms with Gasteiger partial charge < -0.3 is 9.47 Å².